The number of rotatable bonds is 5. The number of carbonyl (C=O) groups is 2. The molecule has 0 aliphatic rings. The molecule has 7 nitrogen and oxygen atoms in total. The Morgan fingerprint density at radius 3 is 2.52 bits per heavy atom. The number of aliphatic carboxylic acids is 1. The first-order valence-corrected chi connectivity index (χ1v) is 6.36. The van der Waals surface area contributed by atoms with E-state index in [2.05, 4.69) is 4.98 Å². The van der Waals surface area contributed by atoms with Crippen LogP contribution in [-0.4, -0.2) is 26.8 Å². The summed E-state index contributed by atoms with van der Waals surface area (Å²) in [5, 5.41) is 20.4. The van der Waals surface area contributed by atoms with E-state index < -0.39 is 22.7 Å². The van der Waals surface area contributed by atoms with Crippen LogP contribution in [0.4, 0.5) is 5.69 Å². The third-order valence-corrected chi connectivity index (χ3v) is 3.71. The Morgan fingerprint density at radius 2 is 1.95 bits per heavy atom. The van der Waals surface area contributed by atoms with Crippen molar-refractivity contribution >= 4 is 28.3 Å². The molecule has 2 aromatic rings. The average Bonchev–Trinajstić information content (AvgIpc) is 2.88. The molecule has 0 fully saturated rings. The largest absolute Gasteiger partial charge is 0.481 e. The van der Waals surface area contributed by atoms with E-state index in [-0.39, 0.29) is 22.6 Å². The Morgan fingerprint density at radius 1 is 1.29 bits per heavy atom. The second-order valence-electron chi connectivity index (χ2n) is 4.94. The summed E-state index contributed by atoms with van der Waals surface area (Å²) in [7, 11) is 0. The van der Waals surface area contributed by atoms with Crippen LogP contribution in [-0.2, 0) is 4.79 Å². The molecule has 7 heteroatoms. The normalized spacial score (nSPS) is 13.8. The number of ketones is 1. The number of nitro benzene ring substituents is 1. The molecule has 2 N–H and O–H groups in total. The zero-order valence-corrected chi connectivity index (χ0v) is 11.5. The number of hydrogen-bond donors (Lipinski definition) is 2. The number of nitrogens with one attached hydrogen (secondary N) is 1. The van der Waals surface area contributed by atoms with Crippen LogP contribution >= 0.6 is 0 Å². The molecular weight excluding hydrogens is 276 g/mol. The number of para-hydroxylation sites is 1. The van der Waals surface area contributed by atoms with Crippen molar-refractivity contribution in [2.24, 2.45) is 11.8 Å². The van der Waals surface area contributed by atoms with Gasteiger partial charge >= 0.3 is 5.97 Å². The van der Waals surface area contributed by atoms with Crippen LogP contribution in [0, 0.1) is 22.0 Å². The number of non-ortho nitro benzene ring substituents is 1. The number of carboxylic acids is 1. The fourth-order valence-electron chi connectivity index (χ4n) is 2.18. The zero-order valence-electron chi connectivity index (χ0n) is 11.5. The van der Waals surface area contributed by atoms with Crippen LogP contribution in [0.1, 0.15) is 24.2 Å². The van der Waals surface area contributed by atoms with Crippen molar-refractivity contribution in [3.63, 3.8) is 0 Å². The molecule has 0 radical (unpaired) electrons. The summed E-state index contributed by atoms with van der Waals surface area (Å²) in [5.74, 6) is -2.96. The first kappa shape index (κ1) is 14.7. The second kappa shape index (κ2) is 5.35. The summed E-state index contributed by atoms with van der Waals surface area (Å²) < 4.78 is 0. The van der Waals surface area contributed by atoms with Crippen molar-refractivity contribution in [3.8, 4) is 0 Å². The van der Waals surface area contributed by atoms with Gasteiger partial charge in [-0.25, -0.2) is 0 Å². The molecule has 2 unspecified atom stereocenters. The maximum Gasteiger partial charge on any atom is 0.306 e. The highest BCUT2D eigenvalue weighted by Gasteiger charge is 2.29. The SMILES string of the molecule is CC(C(=O)O)C(C)C(=O)c1c[nH]c2c([N+](=O)[O-])cccc12. The number of Topliss-reactive ketones (excluding diaryl/α,β-unsaturated/α-hetero) is 1. The van der Waals surface area contributed by atoms with E-state index in [1.807, 2.05) is 0 Å². The smallest absolute Gasteiger partial charge is 0.306 e. The summed E-state index contributed by atoms with van der Waals surface area (Å²) in [6, 6.07) is 4.44. The van der Waals surface area contributed by atoms with Gasteiger partial charge in [-0.2, -0.15) is 0 Å². The van der Waals surface area contributed by atoms with Gasteiger partial charge in [0.15, 0.2) is 5.78 Å². The maximum absolute atomic E-state index is 12.4. The number of H-pyrrole nitrogens is 1. The molecule has 1 aromatic carbocycles. The van der Waals surface area contributed by atoms with Gasteiger partial charge in [-0.15, -0.1) is 0 Å². The standard InChI is InChI=1S/C14H14N2O5/c1-7(8(2)14(18)19)13(17)10-6-15-12-9(10)4-3-5-11(12)16(20)21/h3-8,15H,1-2H3,(H,18,19). The highest BCUT2D eigenvalue weighted by atomic mass is 16.6. The number of fused-ring (bicyclic) bond motifs is 1. The number of carboxylic acid groups (broad SMARTS) is 1. The number of benzene rings is 1. The monoisotopic (exact) mass is 290 g/mol. The lowest BCUT2D eigenvalue weighted by Gasteiger charge is -2.14. The molecular formula is C14H14N2O5. The molecule has 110 valence electrons. The van der Waals surface area contributed by atoms with Gasteiger partial charge in [0.1, 0.15) is 5.52 Å². The van der Waals surface area contributed by atoms with Crippen molar-refractivity contribution in [1.82, 2.24) is 4.98 Å². The Balaban J connectivity index is 2.49. The fourth-order valence-corrected chi connectivity index (χ4v) is 2.18. The van der Waals surface area contributed by atoms with Crippen LogP contribution in [0.5, 0.6) is 0 Å². The van der Waals surface area contributed by atoms with Gasteiger partial charge in [0, 0.05) is 29.1 Å². The highest BCUT2D eigenvalue weighted by Crippen LogP contribution is 2.29. The molecule has 2 atom stereocenters. The molecule has 0 amide bonds. The lowest BCUT2D eigenvalue weighted by molar-refractivity contribution is -0.383. The van der Waals surface area contributed by atoms with E-state index in [0.29, 0.717) is 5.39 Å². The van der Waals surface area contributed by atoms with E-state index in [1.165, 1.54) is 32.2 Å². The van der Waals surface area contributed by atoms with Crippen LogP contribution in [0.15, 0.2) is 24.4 Å². The lowest BCUT2D eigenvalue weighted by Crippen LogP contribution is -2.25. The molecule has 0 saturated carbocycles. The Labute approximate surface area is 119 Å². The number of aromatic nitrogens is 1. The first-order valence-electron chi connectivity index (χ1n) is 6.36. The van der Waals surface area contributed by atoms with Gasteiger partial charge in [-0.05, 0) is 0 Å². The van der Waals surface area contributed by atoms with E-state index in [1.54, 1.807) is 6.07 Å². The minimum Gasteiger partial charge on any atom is -0.481 e. The Kier molecular flexibility index (Phi) is 3.75. The van der Waals surface area contributed by atoms with Crippen LogP contribution in [0.25, 0.3) is 10.9 Å². The second-order valence-corrected chi connectivity index (χ2v) is 4.94. The van der Waals surface area contributed by atoms with Crippen molar-refractivity contribution in [2.75, 3.05) is 0 Å². The van der Waals surface area contributed by atoms with Crippen LogP contribution in [0.2, 0.25) is 0 Å². The predicted octanol–water partition coefficient (Wildman–Crippen LogP) is 2.62. The molecule has 0 aliphatic carbocycles. The van der Waals surface area contributed by atoms with Gasteiger partial charge in [-0.3, -0.25) is 19.7 Å². The molecule has 0 spiro atoms. The van der Waals surface area contributed by atoms with E-state index in [4.69, 9.17) is 5.11 Å². The van der Waals surface area contributed by atoms with Gasteiger partial charge < -0.3 is 10.1 Å². The van der Waals surface area contributed by atoms with Crippen molar-refractivity contribution in [2.45, 2.75) is 13.8 Å². The van der Waals surface area contributed by atoms with E-state index >= 15 is 0 Å². The third-order valence-electron chi connectivity index (χ3n) is 3.71. The summed E-state index contributed by atoms with van der Waals surface area (Å²) in [4.78, 5) is 36.5. The summed E-state index contributed by atoms with van der Waals surface area (Å²) >= 11 is 0. The van der Waals surface area contributed by atoms with Crippen molar-refractivity contribution < 1.29 is 19.6 Å². The first-order chi connectivity index (χ1) is 9.84. The minimum atomic E-state index is -1.05. The number of hydrogen-bond acceptors (Lipinski definition) is 4. The van der Waals surface area contributed by atoms with Crippen molar-refractivity contribution in [3.05, 3.63) is 40.1 Å². The number of nitro groups is 1. The molecule has 2 rings (SSSR count). The number of carbonyl (C=O) groups excluding carboxylic acids is 1. The summed E-state index contributed by atoms with van der Waals surface area (Å²) in [6.07, 6.45) is 1.39. The maximum atomic E-state index is 12.4. The summed E-state index contributed by atoms with van der Waals surface area (Å²) in [5.41, 5.74) is 0.417. The van der Waals surface area contributed by atoms with E-state index in [9.17, 15) is 19.7 Å². The minimum absolute atomic E-state index is 0.120. The van der Waals surface area contributed by atoms with Crippen LogP contribution < -0.4 is 0 Å². The van der Waals surface area contributed by atoms with Gasteiger partial charge in [0.05, 0.1) is 10.8 Å². The van der Waals surface area contributed by atoms with Gasteiger partial charge in [0.2, 0.25) is 0 Å². The Hall–Kier alpha value is -2.70. The number of nitrogens with zero attached hydrogens (tertiary/aromatic N) is 1. The molecule has 0 aliphatic heterocycles. The zero-order chi connectivity index (χ0) is 15.7. The van der Waals surface area contributed by atoms with Gasteiger partial charge in [0.25, 0.3) is 5.69 Å². The quantitative estimate of drug-likeness (QED) is 0.499. The average molecular weight is 290 g/mol. The predicted molar refractivity (Wildman–Crippen MR) is 75.2 cm³/mol. The number of aromatic amines is 1. The molecule has 0 saturated heterocycles. The van der Waals surface area contributed by atoms with Crippen molar-refractivity contribution in [1.29, 1.82) is 0 Å². The molecule has 21 heavy (non-hydrogen) atoms. The molecule has 1 heterocycles. The van der Waals surface area contributed by atoms with Crippen LogP contribution in [0.3, 0.4) is 0 Å². The molecule has 0 bridgehead atoms. The summed E-state index contributed by atoms with van der Waals surface area (Å²) in [6.45, 7) is 3.00. The lowest BCUT2D eigenvalue weighted by atomic mass is 9.88. The van der Waals surface area contributed by atoms with E-state index in [0.717, 1.165) is 0 Å². The molecule has 1 aromatic heterocycles. The fraction of sp³-hybridized carbons (Fsp3) is 0.286. The third kappa shape index (κ3) is 2.49. The highest BCUT2D eigenvalue weighted by molar-refractivity contribution is 6.11. The Bertz CT molecular complexity index is 734. The topological polar surface area (TPSA) is 113 Å². The van der Waals surface area contributed by atoms with Gasteiger partial charge in [-0.1, -0.05) is 26.0 Å².